The van der Waals surface area contributed by atoms with Gasteiger partial charge in [-0.3, -0.25) is 10.1 Å². The van der Waals surface area contributed by atoms with E-state index in [4.69, 9.17) is 5.11 Å². The molecule has 1 aromatic carbocycles. The fraction of sp³-hybridized carbons (Fsp3) is 0.364. The molecule has 0 saturated carbocycles. The van der Waals surface area contributed by atoms with E-state index in [1.807, 2.05) is 14.1 Å². The van der Waals surface area contributed by atoms with Gasteiger partial charge in [0.1, 0.15) is 6.54 Å². The van der Waals surface area contributed by atoms with Gasteiger partial charge in [-0.1, -0.05) is 0 Å². The number of aliphatic hydroxyl groups excluding tert-OH is 1. The van der Waals surface area contributed by atoms with E-state index in [0.29, 0.717) is 6.61 Å². The van der Waals surface area contributed by atoms with Crippen LogP contribution >= 0.6 is 0 Å². The first-order chi connectivity index (χ1) is 8.38. The van der Waals surface area contributed by atoms with Crippen LogP contribution in [0.25, 0.3) is 0 Å². The van der Waals surface area contributed by atoms with Gasteiger partial charge in [-0.2, -0.15) is 0 Å². The molecule has 0 fully saturated rings. The largest absolute Gasteiger partial charge is 0.545 e. The lowest BCUT2D eigenvalue weighted by atomic mass is 10.2. The van der Waals surface area contributed by atoms with Crippen molar-refractivity contribution < 1.29 is 24.8 Å². The highest BCUT2D eigenvalue weighted by molar-refractivity contribution is 5.85. The Morgan fingerprint density at radius 2 is 1.83 bits per heavy atom. The van der Waals surface area contributed by atoms with Crippen LogP contribution in [0, 0.1) is 10.1 Å². The number of carboxylic acids is 1. The molecule has 0 aliphatic heterocycles. The minimum atomic E-state index is -1.34. The van der Waals surface area contributed by atoms with Crippen molar-refractivity contribution in [2.24, 2.45) is 0 Å². The number of nitro groups is 1. The second kappa shape index (κ2) is 8.15. The molecule has 0 saturated heterocycles. The summed E-state index contributed by atoms with van der Waals surface area (Å²) >= 11 is 0. The first-order valence-electron chi connectivity index (χ1n) is 5.24. The monoisotopic (exact) mass is 256 g/mol. The SMILES string of the molecule is C[NH+](C)CCO.O=C([O-])c1ccc([N+](=O)[O-])cc1. The standard InChI is InChI=1S/C7H5NO4.C4H11NO/c9-7(10)5-1-3-6(4-2-5)8(11)12;1-5(2)3-4-6/h1-4H,(H,9,10);6H,3-4H2,1-2H3. The average Bonchev–Trinajstić information content (AvgIpc) is 2.29. The fourth-order valence-electron chi connectivity index (χ4n) is 0.943. The van der Waals surface area contributed by atoms with Gasteiger partial charge in [-0.25, -0.2) is 0 Å². The molecule has 0 bridgehead atoms. The summed E-state index contributed by atoms with van der Waals surface area (Å²) in [5.41, 5.74) is -0.208. The number of hydrogen-bond acceptors (Lipinski definition) is 5. The summed E-state index contributed by atoms with van der Waals surface area (Å²) in [5.74, 6) is -1.34. The van der Waals surface area contributed by atoms with Crippen LogP contribution in [0.15, 0.2) is 24.3 Å². The molecule has 0 aromatic heterocycles. The molecule has 0 amide bonds. The fourth-order valence-corrected chi connectivity index (χ4v) is 0.943. The number of carbonyl (C=O) groups excluding carboxylic acids is 1. The van der Waals surface area contributed by atoms with Crippen LogP contribution in [0.4, 0.5) is 5.69 Å². The van der Waals surface area contributed by atoms with Gasteiger partial charge >= 0.3 is 0 Å². The lowest BCUT2D eigenvalue weighted by molar-refractivity contribution is -0.858. The molecule has 1 rings (SSSR count). The number of nitro benzene ring substituents is 1. The predicted molar refractivity (Wildman–Crippen MR) is 62.2 cm³/mol. The minimum absolute atomic E-state index is 0.0689. The lowest BCUT2D eigenvalue weighted by Crippen LogP contribution is -3.06. The smallest absolute Gasteiger partial charge is 0.269 e. The van der Waals surface area contributed by atoms with Gasteiger partial charge in [0.15, 0.2) is 0 Å². The minimum Gasteiger partial charge on any atom is -0.545 e. The zero-order valence-corrected chi connectivity index (χ0v) is 10.3. The second-order valence-electron chi connectivity index (χ2n) is 3.77. The molecular weight excluding hydrogens is 240 g/mol. The van der Waals surface area contributed by atoms with E-state index in [2.05, 4.69) is 0 Å². The van der Waals surface area contributed by atoms with E-state index in [-0.39, 0.29) is 11.3 Å². The first-order valence-corrected chi connectivity index (χ1v) is 5.24. The van der Waals surface area contributed by atoms with E-state index in [1.54, 1.807) is 0 Å². The maximum atomic E-state index is 10.2. The van der Waals surface area contributed by atoms with Crippen molar-refractivity contribution >= 4 is 11.7 Å². The van der Waals surface area contributed by atoms with E-state index in [1.165, 1.54) is 4.90 Å². The van der Waals surface area contributed by atoms with Gasteiger partial charge in [-0.05, 0) is 17.7 Å². The molecule has 7 nitrogen and oxygen atoms in total. The van der Waals surface area contributed by atoms with Crippen molar-refractivity contribution in [3.8, 4) is 0 Å². The number of non-ortho nitro benzene ring substituents is 1. The normalized spacial score (nSPS) is 9.56. The summed E-state index contributed by atoms with van der Waals surface area (Å²) in [7, 11) is 4.02. The van der Waals surface area contributed by atoms with Crippen molar-refractivity contribution in [2.75, 3.05) is 27.2 Å². The van der Waals surface area contributed by atoms with Crippen molar-refractivity contribution in [3.63, 3.8) is 0 Å². The molecule has 7 heteroatoms. The molecule has 100 valence electrons. The Bertz CT molecular complexity index is 356. The highest BCUT2D eigenvalue weighted by Gasteiger charge is 2.03. The Morgan fingerprint density at radius 1 is 1.33 bits per heavy atom. The maximum absolute atomic E-state index is 10.2. The lowest BCUT2D eigenvalue weighted by Gasteiger charge is -2.00. The number of quaternary nitrogens is 1. The molecule has 0 spiro atoms. The van der Waals surface area contributed by atoms with Gasteiger partial charge in [0.05, 0.1) is 31.6 Å². The van der Waals surface area contributed by atoms with E-state index in [9.17, 15) is 20.0 Å². The number of hydrogen-bond donors (Lipinski definition) is 2. The van der Waals surface area contributed by atoms with Gasteiger partial charge in [0, 0.05) is 12.1 Å². The van der Waals surface area contributed by atoms with Crippen LogP contribution in [0.3, 0.4) is 0 Å². The molecule has 0 heterocycles. The van der Waals surface area contributed by atoms with Crippen LogP contribution in [0.1, 0.15) is 10.4 Å². The zero-order chi connectivity index (χ0) is 14.1. The first kappa shape index (κ1) is 16.0. The van der Waals surface area contributed by atoms with Crippen LogP contribution < -0.4 is 10.0 Å². The van der Waals surface area contributed by atoms with Gasteiger partial charge < -0.3 is 19.9 Å². The maximum Gasteiger partial charge on any atom is 0.269 e. The molecule has 2 N–H and O–H groups in total. The highest BCUT2D eigenvalue weighted by atomic mass is 16.6. The number of rotatable bonds is 4. The third-order valence-electron chi connectivity index (χ3n) is 1.93. The molecular formula is C11H16N2O5. The van der Waals surface area contributed by atoms with Crippen LogP contribution in [-0.2, 0) is 0 Å². The van der Waals surface area contributed by atoms with E-state index < -0.39 is 10.9 Å². The number of carbonyl (C=O) groups is 1. The second-order valence-corrected chi connectivity index (χ2v) is 3.77. The number of likely N-dealkylation sites (N-methyl/N-ethyl adjacent to an activating group) is 1. The van der Waals surface area contributed by atoms with Gasteiger partial charge in [0.25, 0.3) is 5.69 Å². The number of benzene rings is 1. The Kier molecular flexibility index (Phi) is 7.25. The summed E-state index contributed by atoms with van der Waals surface area (Å²) in [5, 5.41) is 28.5. The van der Waals surface area contributed by atoms with Crippen LogP contribution in [0.5, 0.6) is 0 Å². The molecule has 0 aliphatic rings. The molecule has 0 aliphatic carbocycles. The molecule has 0 radical (unpaired) electrons. The van der Waals surface area contributed by atoms with Crippen molar-refractivity contribution in [1.82, 2.24) is 0 Å². The van der Waals surface area contributed by atoms with Crippen LogP contribution in [-0.4, -0.2) is 43.2 Å². The summed E-state index contributed by atoms with van der Waals surface area (Å²) in [6.07, 6.45) is 0. The van der Waals surface area contributed by atoms with E-state index >= 15 is 0 Å². The van der Waals surface area contributed by atoms with Gasteiger partial charge in [-0.15, -0.1) is 0 Å². The molecule has 1 aromatic rings. The molecule has 0 atom stereocenters. The van der Waals surface area contributed by atoms with Gasteiger partial charge in [0.2, 0.25) is 0 Å². The van der Waals surface area contributed by atoms with Crippen LogP contribution in [0.2, 0.25) is 0 Å². The zero-order valence-electron chi connectivity index (χ0n) is 10.3. The summed E-state index contributed by atoms with van der Waals surface area (Å²) in [6, 6.07) is 4.50. The number of carboxylic acid groups (broad SMARTS) is 1. The Labute approximate surface area is 104 Å². The third-order valence-corrected chi connectivity index (χ3v) is 1.93. The quantitative estimate of drug-likeness (QED) is 0.482. The Hall–Kier alpha value is -1.99. The average molecular weight is 256 g/mol. The predicted octanol–water partition coefficient (Wildman–Crippen LogP) is -1.92. The topological polar surface area (TPSA) is 108 Å². The number of nitrogens with zero attached hydrogens (tertiary/aromatic N) is 1. The molecule has 18 heavy (non-hydrogen) atoms. The van der Waals surface area contributed by atoms with Crippen molar-refractivity contribution in [3.05, 3.63) is 39.9 Å². The summed E-state index contributed by atoms with van der Waals surface area (Å²) < 4.78 is 0. The number of nitrogens with one attached hydrogen (secondary N) is 1. The third kappa shape index (κ3) is 6.56. The number of aliphatic hydroxyl groups is 1. The van der Waals surface area contributed by atoms with E-state index in [0.717, 1.165) is 30.8 Å². The highest BCUT2D eigenvalue weighted by Crippen LogP contribution is 2.10. The Balaban J connectivity index is 0.000000411. The molecule has 0 unspecified atom stereocenters. The number of aromatic carboxylic acids is 1. The van der Waals surface area contributed by atoms with Crippen molar-refractivity contribution in [1.29, 1.82) is 0 Å². The Morgan fingerprint density at radius 3 is 2.06 bits per heavy atom. The summed E-state index contributed by atoms with van der Waals surface area (Å²) in [6.45, 7) is 1.14. The van der Waals surface area contributed by atoms with Crippen molar-refractivity contribution in [2.45, 2.75) is 0 Å². The summed E-state index contributed by atoms with van der Waals surface area (Å²) in [4.78, 5) is 21.0.